The molecule has 0 spiro atoms. The van der Waals surface area contributed by atoms with E-state index in [2.05, 4.69) is 22.9 Å². The lowest BCUT2D eigenvalue weighted by atomic mass is 9.84. The van der Waals surface area contributed by atoms with Gasteiger partial charge in [0.25, 0.3) is 0 Å². The van der Waals surface area contributed by atoms with Gasteiger partial charge < -0.3 is 20.9 Å². The second-order valence-corrected chi connectivity index (χ2v) is 5.31. The molecule has 5 N–H and O–H groups in total. The van der Waals surface area contributed by atoms with E-state index in [0.717, 1.165) is 23.3 Å². The minimum atomic E-state index is -0.249. The van der Waals surface area contributed by atoms with Gasteiger partial charge in [0.05, 0.1) is 13.2 Å². The summed E-state index contributed by atoms with van der Waals surface area (Å²) in [6.07, 6.45) is 8.71. The molecule has 0 amide bonds. The predicted octanol–water partition coefficient (Wildman–Crippen LogP) is 0.690. The van der Waals surface area contributed by atoms with Crippen molar-refractivity contribution in [3.63, 3.8) is 0 Å². The summed E-state index contributed by atoms with van der Waals surface area (Å²) in [6.45, 7) is 3.31. The molecule has 20 heavy (non-hydrogen) atoms. The summed E-state index contributed by atoms with van der Waals surface area (Å²) in [7, 11) is 0. The van der Waals surface area contributed by atoms with Crippen LogP contribution in [0.15, 0.2) is 36.3 Å². The van der Waals surface area contributed by atoms with Crippen molar-refractivity contribution >= 4 is 5.57 Å². The summed E-state index contributed by atoms with van der Waals surface area (Å²) < 4.78 is 0. The van der Waals surface area contributed by atoms with Crippen LogP contribution < -0.4 is 5.73 Å². The Morgan fingerprint density at radius 3 is 2.60 bits per heavy atom. The molecule has 0 saturated heterocycles. The number of H-pyrrole nitrogens is 1. The summed E-state index contributed by atoms with van der Waals surface area (Å²) in [4.78, 5) is 5.12. The van der Waals surface area contributed by atoms with Crippen LogP contribution in [0.5, 0.6) is 0 Å². The molecule has 0 saturated carbocycles. The molecule has 0 fully saturated rings. The first kappa shape index (κ1) is 14.8. The number of nitrogens with two attached hydrogens (primary N) is 1. The largest absolute Gasteiger partial charge is 0.398 e. The van der Waals surface area contributed by atoms with E-state index in [-0.39, 0.29) is 18.8 Å². The van der Waals surface area contributed by atoms with Crippen LogP contribution in [0.1, 0.15) is 18.9 Å². The highest BCUT2D eigenvalue weighted by Crippen LogP contribution is 2.33. The first-order valence-corrected chi connectivity index (χ1v) is 6.89. The van der Waals surface area contributed by atoms with Crippen LogP contribution in [0.3, 0.4) is 0 Å². The molecule has 1 aliphatic carbocycles. The second-order valence-electron chi connectivity index (χ2n) is 5.31. The molecule has 5 nitrogen and oxygen atoms in total. The Balaban J connectivity index is 2.32. The Morgan fingerprint density at radius 1 is 1.35 bits per heavy atom. The van der Waals surface area contributed by atoms with Crippen LogP contribution in [0.4, 0.5) is 0 Å². The lowest BCUT2D eigenvalue weighted by Crippen LogP contribution is -2.48. The van der Waals surface area contributed by atoms with Crippen molar-refractivity contribution < 1.29 is 10.2 Å². The molecule has 1 atom stereocenters. The Morgan fingerprint density at radius 2 is 2.05 bits per heavy atom. The molecule has 1 aromatic heterocycles. The Labute approximate surface area is 119 Å². The molecule has 0 bridgehead atoms. The summed E-state index contributed by atoms with van der Waals surface area (Å²) >= 11 is 0. The van der Waals surface area contributed by atoms with Gasteiger partial charge in [-0.3, -0.25) is 4.90 Å². The number of β-amino-alcohol motifs (C(OH)–C–C–N with tert-alkyl or cyclic N) is 2. The van der Waals surface area contributed by atoms with Gasteiger partial charge >= 0.3 is 0 Å². The molecule has 2 rings (SSSR count). The topological polar surface area (TPSA) is 85.5 Å². The maximum atomic E-state index is 9.22. The van der Waals surface area contributed by atoms with Crippen LogP contribution in [-0.2, 0) is 0 Å². The molecular weight excluding hydrogens is 254 g/mol. The zero-order chi connectivity index (χ0) is 14.6. The number of nitrogens with one attached hydrogen (secondary N) is 1. The highest BCUT2D eigenvalue weighted by atomic mass is 16.3. The van der Waals surface area contributed by atoms with Crippen molar-refractivity contribution in [2.45, 2.75) is 18.9 Å². The van der Waals surface area contributed by atoms with E-state index in [9.17, 15) is 10.2 Å². The fraction of sp³-hybridized carbons (Fsp3) is 0.467. The maximum absolute atomic E-state index is 9.22. The van der Waals surface area contributed by atoms with Gasteiger partial charge in [-0.1, -0.05) is 12.2 Å². The molecule has 0 aliphatic heterocycles. The number of hydrogen-bond acceptors (Lipinski definition) is 4. The van der Waals surface area contributed by atoms with Crippen LogP contribution in [0, 0.1) is 0 Å². The first-order chi connectivity index (χ1) is 9.60. The molecular formula is C15H23N3O2. The quantitative estimate of drug-likeness (QED) is 0.616. The van der Waals surface area contributed by atoms with Gasteiger partial charge in [0.15, 0.2) is 0 Å². The van der Waals surface area contributed by atoms with E-state index in [1.807, 2.05) is 24.5 Å². The third kappa shape index (κ3) is 2.95. The Kier molecular flexibility index (Phi) is 4.65. The third-order valence-corrected chi connectivity index (χ3v) is 3.87. The number of aliphatic hydroxyl groups excluding tert-OH is 2. The van der Waals surface area contributed by atoms with Gasteiger partial charge in [0, 0.05) is 47.9 Å². The molecule has 0 aromatic carbocycles. The van der Waals surface area contributed by atoms with Gasteiger partial charge in [-0.25, -0.2) is 0 Å². The maximum Gasteiger partial charge on any atom is 0.0558 e. The first-order valence-electron chi connectivity index (χ1n) is 6.89. The minimum absolute atomic E-state index is 0.0715. The van der Waals surface area contributed by atoms with Crippen molar-refractivity contribution in [1.29, 1.82) is 0 Å². The molecule has 110 valence electrons. The molecule has 1 aromatic rings. The average molecular weight is 277 g/mol. The van der Waals surface area contributed by atoms with Crippen molar-refractivity contribution in [3.8, 4) is 0 Å². The normalized spacial score (nSPS) is 22.8. The smallest absolute Gasteiger partial charge is 0.0558 e. The highest BCUT2D eigenvalue weighted by molar-refractivity contribution is 5.79. The standard InChI is InChI=1S/C15H23N3O2/c1-15(18(6-8-19)7-9-20)4-2-14(16)13(10-15)12-3-5-17-11-12/h2-3,5,10-11,17,19-20H,4,6-9,16H2,1H3. The van der Waals surface area contributed by atoms with E-state index in [1.165, 1.54) is 0 Å². The van der Waals surface area contributed by atoms with Gasteiger partial charge in [0.1, 0.15) is 0 Å². The number of rotatable bonds is 6. The summed E-state index contributed by atoms with van der Waals surface area (Å²) in [5, 5.41) is 18.4. The summed E-state index contributed by atoms with van der Waals surface area (Å²) in [5.41, 5.74) is 8.68. The lowest BCUT2D eigenvalue weighted by Gasteiger charge is -2.40. The van der Waals surface area contributed by atoms with E-state index in [0.29, 0.717) is 13.1 Å². The van der Waals surface area contributed by atoms with Crippen molar-refractivity contribution in [3.05, 3.63) is 41.9 Å². The Hall–Kier alpha value is -1.56. The zero-order valence-corrected chi connectivity index (χ0v) is 11.8. The number of aromatic nitrogens is 1. The van der Waals surface area contributed by atoms with E-state index in [1.54, 1.807) is 0 Å². The lowest BCUT2D eigenvalue weighted by molar-refractivity contribution is 0.0909. The molecule has 1 heterocycles. The van der Waals surface area contributed by atoms with Gasteiger partial charge in [-0.15, -0.1) is 0 Å². The molecule has 5 heteroatoms. The summed E-state index contributed by atoms with van der Waals surface area (Å²) in [6, 6.07) is 1.99. The van der Waals surface area contributed by atoms with Crippen LogP contribution >= 0.6 is 0 Å². The monoisotopic (exact) mass is 277 g/mol. The number of hydrogen-bond donors (Lipinski definition) is 4. The van der Waals surface area contributed by atoms with Crippen molar-refractivity contribution in [2.75, 3.05) is 26.3 Å². The third-order valence-electron chi connectivity index (χ3n) is 3.87. The predicted molar refractivity (Wildman–Crippen MR) is 79.8 cm³/mol. The van der Waals surface area contributed by atoms with E-state index >= 15 is 0 Å². The number of aromatic amines is 1. The fourth-order valence-electron chi connectivity index (χ4n) is 2.71. The van der Waals surface area contributed by atoms with Crippen LogP contribution in [-0.4, -0.2) is 51.9 Å². The van der Waals surface area contributed by atoms with Crippen molar-refractivity contribution in [1.82, 2.24) is 9.88 Å². The number of nitrogens with zero attached hydrogens (tertiary/aromatic N) is 1. The van der Waals surface area contributed by atoms with Gasteiger partial charge in [-0.2, -0.15) is 0 Å². The van der Waals surface area contributed by atoms with Gasteiger partial charge in [-0.05, 0) is 19.4 Å². The van der Waals surface area contributed by atoms with Crippen molar-refractivity contribution in [2.24, 2.45) is 5.73 Å². The highest BCUT2D eigenvalue weighted by Gasteiger charge is 2.31. The zero-order valence-electron chi connectivity index (χ0n) is 11.8. The van der Waals surface area contributed by atoms with Crippen LogP contribution in [0.2, 0.25) is 0 Å². The number of allylic oxidation sites excluding steroid dienone is 1. The molecule has 0 radical (unpaired) electrons. The molecule has 1 unspecified atom stereocenters. The minimum Gasteiger partial charge on any atom is -0.398 e. The summed E-state index contributed by atoms with van der Waals surface area (Å²) in [5.74, 6) is 0. The average Bonchev–Trinajstić information content (AvgIpc) is 2.95. The fourth-order valence-corrected chi connectivity index (χ4v) is 2.71. The molecule has 1 aliphatic rings. The van der Waals surface area contributed by atoms with Gasteiger partial charge in [0.2, 0.25) is 0 Å². The number of aliphatic hydroxyl groups is 2. The van der Waals surface area contributed by atoms with Crippen LogP contribution in [0.25, 0.3) is 5.57 Å². The Bertz CT molecular complexity index is 487. The van der Waals surface area contributed by atoms with E-state index < -0.39 is 0 Å². The SMILES string of the molecule is CC1(N(CCO)CCO)C=C(c2cc[nH]c2)C(N)=CC1. The second kappa shape index (κ2) is 6.26. The van der Waals surface area contributed by atoms with E-state index in [4.69, 9.17) is 5.73 Å².